The summed E-state index contributed by atoms with van der Waals surface area (Å²) in [7, 11) is 0. The number of nitrogens with zero attached hydrogens (tertiary/aromatic N) is 5. The molecule has 0 saturated carbocycles. The number of hydrogen-bond acceptors (Lipinski definition) is 4. The molecular weight excluding hydrogens is 356 g/mol. The Hall–Kier alpha value is -2.77. The monoisotopic (exact) mass is 368 g/mol. The van der Waals surface area contributed by atoms with Crippen molar-refractivity contribution in [2.24, 2.45) is 0 Å². The Morgan fingerprint density at radius 3 is 2.72 bits per heavy atom. The van der Waals surface area contributed by atoms with Crippen LogP contribution in [0.4, 0.5) is 0 Å². The van der Waals surface area contributed by atoms with Crippen molar-refractivity contribution < 1.29 is 0 Å². The first-order valence-corrected chi connectivity index (χ1v) is 8.38. The molecule has 2 aromatic heterocycles. The van der Waals surface area contributed by atoms with E-state index in [1.54, 1.807) is 15.7 Å². The molecule has 8 heteroatoms. The molecule has 1 N–H and O–H groups in total. The molecule has 0 fully saturated rings. The summed E-state index contributed by atoms with van der Waals surface area (Å²) < 4.78 is 2.33. The summed E-state index contributed by atoms with van der Waals surface area (Å²) in [6.45, 7) is 0.555. The molecule has 0 atom stereocenters. The fourth-order valence-electron chi connectivity index (χ4n) is 2.50. The zero-order valence-electron chi connectivity index (χ0n) is 13.0. The first-order chi connectivity index (χ1) is 12.2. The maximum atomic E-state index is 6.05. The standard InChI is InChI=1S/C17H13ClN6S/c18-13-7-4-8-14(9-13)24-17(25)15(10-19-24)16-20-22-23(21-16)11-12-5-2-1-3-6-12/h1-10,19H,11H2. The Morgan fingerprint density at radius 2 is 1.92 bits per heavy atom. The number of hydrogen-bond donors (Lipinski definition) is 1. The molecule has 6 nitrogen and oxygen atoms in total. The predicted molar refractivity (Wildman–Crippen MR) is 98.3 cm³/mol. The van der Waals surface area contributed by atoms with Crippen LogP contribution in [0.1, 0.15) is 5.56 Å². The third kappa shape index (κ3) is 3.24. The molecule has 0 spiro atoms. The van der Waals surface area contributed by atoms with Gasteiger partial charge in [0, 0.05) is 11.2 Å². The molecule has 0 amide bonds. The summed E-state index contributed by atoms with van der Waals surface area (Å²) in [5, 5.41) is 16.4. The van der Waals surface area contributed by atoms with Gasteiger partial charge in [-0.05, 0) is 29.0 Å². The highest BCUT2D eigenvalue weighted by molar-refractivity contribution is 7.71. The zero-order chi connectivity index (χ0) is 17.2. The second kappa shape index (κ2) is 6.62. The van der Waals surface area contributed by atoms with Crippen LogP contribution in [0.3, 0.4) is 0 Å². The summed E-state index contributed by atoms with van der Waals surface area (Å²) >= 11 is 11.6. The Labute approximate surface area is 153 Å². The number of nitrogens with one attached hydrogen (secondary N) is 1. The normalized spacial score (nSPS) is 10.9. The van der Waals surface area contributed by atoms with Gasteiger partial charge in [-0.2, -0.15) is 4.80 Å². The molecule has 4 aromatic rings. The van der Waals surface area contributed by atoms with E-state index >= 15 is 0 Å². The van der Waals surface area contributed by atoms with Crippen molar-refractivity contribution in [3.8, 4) is 17.1 Å². The highest BCUT2D eigenvalue weighted by Crippen LogP contribution is 2.20. The van der Waals surface area contributed by atoms with E-state index < -0.39 is 0 Å². The quantitative estimate of drug-likeness (QED) is 0.555. The van der Waals surface area contributed by atoms with Gasteiger partial charge in [0.2, 0.25) is 5.82 Å². The van der Waals surface area contributed by atoms with Gasteiger partial charge >= 0.3 is 0 Å². The maximum absolute atomic E-state index is 6.05. The van der Waals surface area contributed by atoms with Crippen LogP contribution < -0.4 is 0 Å². The lowest BCUT2D eigenvalue weighted by Crippen LogP contribution is -2.03. The number of aromatic nitrogens is 6. The number of rotatable bonds is 4. The number of aromatic amines is 1. The highest BCUT2D eigenvalue weighted by Gasteiger charge is 2.12. The van der Waals surface area contributed by atoms with Crippen LogP contribution in [0.5, 0.6) is 0 Å². The van der Waals surface area contributed by atoms with Crippen molar-refractivity contribution in [3.63, 3.8) is 0 Å². The molecule has 0 aliphatic rings. The second-order valence-electron chi connectivity index (χ2n) is 5.44. The smallest absolute Gasteiger partial charge is 0.209 e. The second-order valence-corrected chi connectivity index (χ2v) is 6.26. The summed E-state index contributed by atoms with van der Waals surface area (Å²) in [4.78, 5) is 1.55. The molecule has 0 saturated heterocycles. The van der Waals surface area contributed by atoms with Gasteiger partial charge in [-0.15, -0.1) is 10.2 Å². The molecule has 2 heterocycles. The van der Waals surface area contributed by atoms with Crippen LogP contribution in [0.15, 0.2) is 60.8 Å². The van der Waals surface area contributed by atoms with Crippen molar-refractivity contribution in [3.05, 3.63) is 76.0 Å². The third-order valence-corrected chi connectivity index (χ3v) is 4.34. The van der Waals surface area contributed by atoms with E-state index in [1.165, 1.54) is 0 Å². The lowest BCUT2D eigenvalue weighted by atomic mass is 10.2. The summed E-state index contributed by atoms with van der Waals surface area (Å²) in [6.07, 6.45) is 1.77. The molecule has 0 aliphatic heterocycles. The number of benzene rings is 2. The Balaban J connectivity index is 1.64. The first kappa shape index (κ1) is 15.7. The molecule has 2 aromatic carbocycles. The van der Waals surface area contributed by atoms with Gasteiger partial charge in [-0.1, -0.05) is 60.2 Å². The van der Waals surface area contributed by atoms with Crippen molar-refractivity contribution in [1.29, 1.82) is 0 Å². The summed E-state index contributed by atoms with van der Waals surface area (Å²) in [5.41, 5.74) is 2.67. The van der Waals surface area contributed by atoms with Crippen molar-refractivity contribution in [2.75, 3.05) is 0 Å². The SMILES string of the molecule is S=c1c(-c2nnn(Cc3ccccc3)n2)c[nH]n1-c1cccc(Cl)c1. The zero-order valence-corrected chi connectivity index (χ0v) is 14.6. The summed E-state index contributed by atoms with van der Waals surface area (Å²) in [6, 6.07) is 17.4. The van der Waals surface area contributed by atoms with Crippen molar-refractivity contribution in [1.82, 2.24) is 30.0 Å². The lowest BCUT2D eigenvalue weighted by Gasteiger charge is -2.02. The minimum Gasteiger partial charge on any atom is -0.299 e. The predicted octanol–water partition coefficient (Wildman–Crippen LogP) is 3.89. The van der Waals surface area contributed by atoms with Crippen LogP contribution in [-0.4, -0.2) is 30.0 Å². The van der Waals surface area contributed by atoms with E-state index in [9.17, 15) is 0 Å². The van der Waals surface area contributed by atoms with Crippen LogP contribution in [0.2, 0.25) is 5.02 Å². The van der Waals surface area contributed by atoms with Gasteiger partial charge in [0.15, 0.2) is 0 Å². The van der Waals surface area contributed by atoms with E-state index in [2.05, 4.69) is 20.5 Å². The highest BCUT2D eigenvalue weighted by atomic mass is 35.5. The molecular formula is C17H13ClN6S. The molecule has 0 unspecified atom stereocenters. The van der Waals surface area contributed by atoms with Crippen LogP contribution >= 0.6 is 23.8 Å². The van der Waals surface area contributed by atoms with Crippen LogP contribution in [-0.2, 0) is 6.54 Å². The minimum absolute atomic E-state index is 0.484. The van der Waals surface area contributed by atoms with Crippen molar-refractivity contribution >= 4 is 23.8 Å². The van der Waals surface area contributed by atoms with Gasteiger partial charge in [-0.3, -0.25) is 5.10 Å². The third-order valence-electron chi connectivity index (χ3n) is 3.70. The number of H-pyrrole nitrogens is 1. The Bertz CT molecular complexity index is 1070. The number of halogens is 1. The fraction of sp³-hybridized carbons (Fsp3) is 0.0588. The molecule has 0 bridgehead atoms. The topological polar surface area (TPSA) is 64.3 Å². The van der Waals surface area contributed by atoms with E-state index in [1.807, 2.05) is 54.6 Å². The Kier molecular flexibility index (Phi) is 4.17. The van der Waals surface area contributed by atoms with E-state index in [0.717, 1.165) is 11.3 Å². The van der Waals surface area contributed by atoms with Gasteiger partial charge in [-0.25, -0.2) is 4.68 Å². The van der Waals surface area contributed by atoms with Crippen molar-refractivity contribution in [2.45, 2.75) is 6.54 Å². The lowest BCUT2D eigenvalue weighted by molar-refractivity contribution is 0.573. The Morgan fingerprint density at radius 1 is 1.08 bits per heavy atom. The van der Waals surface area contributed by atoms with Crippen LogP contribution in [0.25, 0.3) is 17.1 Å². The molecule has 124 valence electrons. The van der Waals surface area contributed by atoms with E-state index in [0.29, 0.717) is 27.6 Å². The first-order valence-electron chi connectivity index (χ1n) is 7.59. The maximum Gasteiger partial charge on any atom is 0.209 e. The van der Waals surface area contributed by atoms with Gasteiger partial charge in [0.1, 0.15) is 4.64 Å². The van der Waals surface area contributed by atoms with Gasteiger partial charge < -0.3 is 0 Å². The van der Waals surface area contributed by atoms with E-state index in [4.69, 9.17) is 23.8 Å². The molecule has 25 heavy (non-hydrogen) atoms. The average Bonchev–Trinajstić information content (AvgIpc) is 3.22. The van der Waals surface area contributed by atoms with Gasteiger partial charge in [0.25, 0.3) is 0 Å². The number of tetrazole rings is 1. The molecule has 4 rings (SSSR count). The average molecular weight is 369 g/mol. The minimum atomic E-state index is 0.484. The largest absolute Gasteiger partial charge is 0.299 e. The molecule has 0 aliphatic carbocycles. The fourth-order valence-corrected chi connectivity index (χ4v) is 2.99. The van der Waals surface area contributed by atoms with Crippen LogP contribution in [0, 0.1) is 4.64 Å². The van der Waals surface area contributed by atoms with Gasteiger partial charge in [0.05, 0.1) is 17.8 Å². The summed E-state index contributed by atoms with van der Waals surface area (Å²) in [5.74, 6) is 0.484. The van der Waals surface area contributed by atoms with E-state index in [-0.39, 0.29) is 0 Å². The molecule has 0 radical (unpaired) electrons.